The Morgan fingerprint density at radius 3 is 2.62 bits per heavy atom. The Morgan fingerprint density at radius 2 is 2.04 bits per heavy atom. The number of aromatic nitrogens is 4. The van der Waals surface area contributed by atoms with Crippen molar-refractivity contribution in [2.75, 3.05) is 0 Å². The predicted octanol–water partition coefficient (Wildman–Crippen LogP) is 2.44. The molecule has 0 amide bonds. The molecule has 2 N–H and O–H groups in total. The van der Waals surface area contributed by atoms with Crippen LogP contribution in [0.25, 0.3) is 11.0 Å². The van der Waals surface area contributed by atoms with E-state index >= 15 is 0 Å². The Bertz CT molecular complexity index is 975. The molecule has 24 heavy (non-hydrogen) atoms. The summed E-state index contributed by atoms with van der Waals surface area (Å²) < 4.78 is 40.7. The third-order valence-corrected chi connectivity index (χ3v) is 3.72. The molecule has 3 rings (SSSR count). The lowest BCUT2D eigenvalue weighted by atomic mass is 10.0. The third-order valence-electron chi connectivity index (χ3n) is 3.72. The molecule has 0 radical (unpaired) electrons. The van der Waals surface area contributed by atoms with E-state index in [1.165, 1.54) is 6.08 Å². The van der Waals surface area contributed by atoms with Crippen LogP contribution in [0.3, 0.4) is 0 Å². The first-order valence-corrected chi connectivity index (χ1v) is 7.14. The SMILES string of the molecule is C=CC(C1=CCCC=C1)n1nc(C(F)(F)F)c2c(=O)[nH]c(=O)[nH]c21. The molecule has 0 bridgehead atoms. The fourth-order valence-electron chi connectivity index (χ4n) is 2.70. The average molecular weight is 338 g/mol. The molecule has 0 aliphatic heterocycles. The molecule has 1 atom stereocenters. The number of halogens is 3. The second kappa shape index (κ2) is 5.66. The highest BCUT2D eigenvalue weighted by Crippen LogP contribution is 2.34. The topological polar surface area (TPSA) is 83.5 Å². The highest BCUT2D eigenvalue weighted by atomic mass is 19.4. The third kappa shape index (κ3) is 2.61. The van der Waals surface area contributed by atoms with E-state index in [2.05, 4.69) is 16.7 Å². The maximum Gasteiger partial charge on any atom is 0.436 e. The lowest BCUT2D eigenvalue weighted by Gasteiger charge is -2.17. The number of fused-ring (bicyclic) bond motifs is 1. The summed E-state index contributed by atoms with van der Waals surface area (Å²) in [6.45, 7) is 3.64. The minimum absolute atomic E-state index is 0.291. The van der Waals surface area contributed by atoms with Crippen LogP contribution >= 0.6 is 0 Å². The molecule has 1 aliphatic rings. The van der Waals surface area contributed by atoms with Gasteiger partial charge in [-0.05, 0) is 18.4 Å². The summed E-state index contributed by atoms with van der Waals surface area (Å²) in [4.78, 5) is 27.4. The van der Waals surface area contributed by atoms with Crippen molar-refractivity contribution in [2.24, 2.45) is 0 Å². The van der Waals surface area contributed by atoms with Crippen LogP contribution in [0.1, 0.15) is 24.6 Å². The second-order valence-electron chi connectivity index (χ2n) is 5.29. The van der Waals surface area contributed by atoms with E-state index in [0.717, 1.165) is 17.5 Å². The van der Waals surface area contributed by atoms with Crippen LogP contribution in [0, 0.1) is 0 Å². The highest BCUT2D eigenvalue weighted by molar-refractivity contribution is 5.78. The number of nitrogens with zero attached hydrogens (tertiary/aromatic N) is 2. The summed E-state index contributed by atoms with van der Waals surface area (Å²) >= 11 is 0. The van der Waals surface area contributed by atoms with Gasteiger partial charge in [-0.3, -0.25) is 14.8 Å². The normalized spacial score (nSPS) is 16.2. The van der Waals surface area contributed by atoms with Crippen molar-refractivity contribution < 1.29 is 13.2 Å². The molecule has 2 aromatic rings. The molecule has 6 nitrogen and oxygen atoms in total. The molecule has 0 saturated carbocycles. The van der Waals surface area contributed by atoms with Gasteiger partial charge in [0.05, 0.1) is 6.04 Å². The summed E-state index contributed by atoms with van der Waals surface area (Å²) in [5.74, 6) is 0. The first kappa shape index (κ1) is 16.0. The molecule has 9 heteroatoms. The van der Waals surface area contributed by atoms with Crippen LogP contribution in [0.5, 0.6) is 0 Å². The van der Waals surface area contributed by atoms with Gasteiger partial charge < -0.3 is 0 Å². The smallest absolute Gasteiger partial charge is 0.291 e. The first-order chi connectivity index (χ1) is 11.3. The van der Waals surface area contributed by atoms with E-state index < -0.39 is 34.5 Å². The monoisotopic (exact) mass is 338 g/mol. The molecule has 0 saturated heterocycles. The second-order valence-corrected chi connectivity index (χ2v) is 5.29. The lowest BCUT2D eigenvalue weighted by Crippen LogP contribution is -2.24. The highest BCUT2D eigenvalue weighted by Gasteiger charge is 2.39. The van der Waals surface area contributed by atoms with Crippen molar-refractivity contribution in [3.8, 4) is 0 Å². The molecule has 1 aliphatic carbocycles. The van der Waals surface area contributed by atoms with Crippen LogP contribution in [-0.2, 0) is 6.18 Å². The molecule has 0 fully saturated rings. The Labute approximate surface area is 133 Å². The van der Waals surface area contributed by atoms with Gasteiger partial charge in [0.2, 0.25) is 0 Å². The Kier molecular flexibility index (Phi) is 3.78. The number of hydrogen-bond acceptors (Lipinski definition) is 3. The van der Waals surface area contributed by atoms with Crippen molar-refractivity contribution in [1.29, 1.82) is 0 Å². The van der Waals surface area contributed by atoms with Crippen molar-refractivity contribution in [1.82, 2.24) is 19.7 Å². The van der Waals surface area contributed by atoms with E-state index in [1.54, 1.807) is 11.1 Å². The van der Waals surface area contributed by atoms with Gasteiger partial charge in [-0.15, -0.1) is 6.58 Å². The number of aromatic amines is 2. The van der Waals surface area contributed by atoms with Gasteiger partial charge >= 0.3 is 11.9 Å². The maximum atomic E-state index is 13.2. The largest absolute Gasteiger partial charge is 0.436 e. The van der Waals surface area contributed by atoms with Crippen LogP contribution in [0.15, 0.2) is 46.0 Å². The zero-order chi connectivity index (χ0) is 17.5. The zero-order valence-corrected chi connectivity index (χ0v) is 12.4. The summed E-state index contributed by atoms with van der Waals surface area (Å²) in [7, 11) is 0. The van der Waals surface area contributed by atoms with Crippen molar-refractivity contribution in [3.63, 3.8) is 0 Å². The standard InChI is InChI=1S/C15H13F3N4O2/c1-2-9(8-6-4-3-5-7-8)22-12-10(11(21-22)15(16,17)18)13(23)20-14(24)19-12/h2,4,6-7,9H,1,3,5H2,(H2,19,20,23,24). The van der Waals surface area contributed by atoms with Crippen molar-refractivity contribution in [2.45, 2.75) is 25.1 Å². The predicted molar refractivity (Wildman–Crippen MR) is 81.7 cm³/mol. The van der Waals surface area contributed by atoms with Crippen LogP contribution in [0.2, 0.25) is 0 Å². The number of nitrogens with one attached hydrogen (secondary N) is 2. The number of rotatable bonds is 3. The minimum Gasteiger partial charge on any atom is -0.291 e. The summed E-state index contributed by atoms with van der Waals surface area (Å²) in [6, 6.07) is -0.738. The van der Waals surface area contributed by atoms with Crippen molar-refractivity contribution >= 4 is 11.0 Å². The molecule has 0 spiro atoms. The number of H-pyrrole nitrogens is 2. The fourth-order valence-corrected chi connectivity index (χ4v) is 2.70. The van der Waals surface area contributed by atoms with Crippen molar-refractivity contribution in [3.05, 3.63) is 63.0 Å². The van der Waals surface area contributed by atoms with Gasteiger partial charge in [0, 0.05) is 0 Å². The van der Waals surface area contributed by atoms with Crippen LogP contribution in [0.4, 0.5) is 13.2 Å². The van der Waals surface area contributed by atoms with E-state index in [1.807, 2.05) is 12.2 Å². The summed E-state index contributed by atoms with van der Waals surface area (Å²) in [6.07, 6.45) is 3.65. The van der Waals surface area contributed by atoms with E-state index in [9.17, 15) is 22.8 Å². The molecular weight excluding hydrogens is 325 g/mol. The summed E-state index contributed by atoms with van der Waals surface area (Å²) in [5.41, 5.74) is -2.99. The molecule has 2 heterocycles. The lowest BCUT2D eigenvalue weighted by molar-refractivity contribution is -0.140. The number of hydrogen-bond donors (Lipinski definition) is 2. The van der Waals surface area contributed by atoms with Gasteiger partial charge in [0.15, 0.2) is 5.69 Å². The number of allylic oxidation sites excluding steroid dienone is 5. The fraction of sp³-hybridized carbons (Fsp3) is 0.267. The Morgan fingerprint density at radius 1 is 1.29 bits per heavy atom. The molecule has 126 valence electrons. The van der Waals surface area contributed by atoms with Gasteiger partial charge in [0.25, 0.3) is 5.56 Å². The molecule has 1 unspecified atom stereocenters. The maximum absolute atomic E-state index is 13.2. The van der Waals surface area contributed by atoms with Crippen LogP contribution < -0.4 is 11.2 Å². The Balaban J connectivity index is 2.34. The van der Waals surface area contributed by atoms with E-state index in [0.29, 0.717) is 5.57 Å². The quantitative estimate of drug-likeness (QED) is 0.843. The number of alkyl halides is 3. The zero-order valence-electron chi connectivity index (χ0n) is 12.4. The van der Waals surface area contributed by atoms with Gasteiger partial charge in [-0.2, -0.15) is 18.3 Å². The average Bonchev–Trinajstić information content (AvgIpc) is 2.89. The first-order valence-electron chi connectivity index (χ1n) is 7.14. The molecule has 0 aromatic carbocycles. The van der Waals surface area contributed by atoms with Gasteiger partial charge in [0.1, 0.15) is 11.0 Å². The molecular formula is C15H13F3N4O2. The van der Waals surface area contributed by atoms with E-state index in [-0.39, 0.29) is 5.65 Å². The van der Waals surface area contributed by atoms with Gasteiger partial charge in [-0.1, -0.05) is 24.3 Å². The Hall–Kier alpha value is -2.84. The van der Waals surface area contributed by atoms with Gasteiger partial charge in [-0.25, -0.2) is 9.48 Å². The molecule has 2 aromatic heterocycles. The summed E-state index contributed by atoms with van der Waals surface area (Å²) in [5, 5.41) is 2.86. The van der Waals surface area contributed by atoms with Crippen LogP contribution in [-0.4, -0.2) is 19.7 Å². The minimum atomic E-state index is -4.84. The van der Waals surface area contributed by atoms with E-state index in [4.69, 9.17) is 0 Å².